The van der Waals surface area contributed by atoms with E-state index < -0.39 is 46.6 Å². The SMILES string of the molecule is CCOC(=O)[C@H]1[C@@H]2C(=O)N(c3cc([N+](=O)[O-])ccc3C)C(=O)[C@@H]2[C@H]2C=Cc3c(ccc4ccccc34)N21. The first-order chi connectivity index (χ1) is 17.8. The van der Waals surface area contributed by atoms with Crippen molar-refractivity contribution in [3.63, 3.8) is 0 Å². The van der Waals surface area contributed by atoms with Crippen LogP contribution in [-0.2, 0) is 19.1 Å². The molecule has 0 spiro atoms. The molecule has 3 heterocycles. The number of benzene rings is 3. The molecule has 0 N–H and O–H groups in total. The van der Waals surface area contributed by atoms with E-state index in [0.717, 1.165) is 26.9 Å². The minimum absolute atomic E-state index is 0.126. The summed E-state index contributed by atoms with van der Waals surface area (Å²) < 4.78 is 5.41. The van der Waals surface area contributed by atoms with Gasteiger partial charge in [-0.05, 0) is 36.2 Å². The Morgan fingerprint density at radius 1 is 1.03 bits per heavy atom. The van der Waals surface area contributed by atoms with Crippen molar-refractivity contribution in [2.45, 2.75) is 25.9 Å². The van der Waals surface area contributed by atoms with Crippen LogP contribution in [0.3, 0.4) is 0 Å². The topological polar surface area (TPSA) is 110 Å². The van der Waals surface area contributed by atoms with E-state index in [0.29, 0.717) is 5.56 Å². The lowest BCUT2D eigenvalue weighted by molar-refractivity contribution is -0.384. The quantitative estimate of drug-likeness (QED) is 0.232. The molecular weight excluding hydrogens is 474 g/mol. The lowest BCUT2D eigenvalue weighted by Crippen LogP contribution is -2.49. The van der Waals surface area contributed by atoms with Gasteiger partial charge in [0.05, 0.1) is 35.1 Å². The molecule has 3 aromatic carbocycles. The second kappa shape index (κ2) is 8.26. The minimum atomic E-state index is -1.01. The Balaban J connectivity index is 1.50. The molecule has 186 valence electrons. The molecule has 0 aliphatic carbocycles. The lowest BCUT2D eigenvalue weighted by Gasteiger charge is -2.36. The number of imide groups is 1. The van der Waals surface area contributed by atoms with Crippen molar-refractivity contribution >= 4 is 51.7 Å². The monoisotopic (exact) mass is 497 g/mol. The minimum Gasteiger partial charge on any atom is -0.464 e. The number of rotatable bonds is 4. The van der Waals surface area contributed by atoms with E-state index in [1.165, 1.54) is 18.2 Å². The van der Waals surface area contributed by atoms with E-state index >= 15 is 0 Å². The summed E-state index contributed by atoms with van der Waals surface area (Å²) in [7, 11) is 0. The molecule has 3 aliphatic heterocycles. The Bertz CT molecular complexity index is 1550. The van der Waals surface area contributed by atoms with Gasteiger partial charge < -0.3 is 9.64 Å². The fourth-order valence-corrected chi connectivity index (χ4v) is 6.01. The van der Waals surface area contributed by atoms with Crippen LogP contribution in [-0.4, -0.2) is 41.4 Å². The van der Waals surface area contributed by atoms with Crippen molar-refractivity contribution in [2.75, 3.05) is 16.4 Å². The molecule has 2 fully saturated rings. The summed E-state index contributed by atoms with van der Waals surface area (Å²) in [4.78, 5) is 54.8. The highest BCUT2D eigenvalue weighted by Crippen LogP contribution is 2.50. The van der Waals surface area contributed by atoms with E-state index in [9.17, 15) is 24.5 Å². The van der Waals surface area contributed by atoms with Crippen molar-refractivity contribution < 1.29 is 24.0 Å². The highest BCUT2D eigenvalue weighted by atomic mass is 16.6. The normalized spacial score (nSPS) is 23.7. The molecule has 0 bridgehead atoms. The number of carbonyl (C=O) groups excluding carboxylic acids is 3. The first kappa shape index (κ1) is 22.9. The third-order valence-electron chi connectivity index (χ3n) is 7.59. The van der Waals surface area contributed by atoms with Crippen LogP contribution in [0.4, 0.5) is 17.1 Å². The lowest BCUT2D eigenvalue weighted by atomic mass is 9.88. The molecule has 0 unspecified atom stereocenters. The van der Waals surface area contributed by atoms with Gasteiger partial charge in [-0.1, -0.05) is 48.6 Å². The third kappa shape index (κ3) is 3.20. The zero-order valence-electron chi connectivity index (χ0n) is 20.2. The fraction of sp³-hybridized carbons (Fsp3) is 0.250. The Morgan fingerprint density at radius 2 is 1.78 bits per heavy atom. The Morgan fingerprint density at radius 3 is 2.54 bits per heavy atom. The molecule has 0 aromatic heterocycles. The van der Waals surface area contributed by atoms with E-state index in [1.807, 2.05) is 53.5 Å². The van der Waals surface area contributed by atoms with Gasteiger partial charge in [0.2, 0.25) is 11.8 Å². The van der Waals surface area contributed by atoms with Crippen molar-refractivity contribution in [3.05, 3.63) is 81.9 Å². The Hall–Kier alpha value is -4.53. The average molecular weight is 498 g/mol. The van der Waals surface area contributed by atoms with Crippen LogP contribution < -0.4 is 9.80 Å². The van der Waals surface area contributed by atoms with Gasteiger partial charge in [-0.25, -0.2) is 9.69 Å². The van der Waals surface area contributed by atoms with Gasteiger partial charge in [0.15, 0.2) is 0 Å². The maximum Gasteiger partial charge on any atom is 0.329 e. The fourth-order valence-electron chi connectivity index (χ4n) is 6.01. The number of non-ortho nitro benzene ring substituents is 1. The first-order valence-electron chi connectivity index (χ1n) is 12.1. The molecule has 37 heavy (non-hydrogen) atoms. The summed E-state index contributed by atoms with van der Waals surface area (Å²) in [6.45, 7) is 3.51. The first-order valence-corrected chi connectivity index (χ1v) is 12.1. The van der Waals surface area contributed by atoms with Gasteiger partial charge in [-0.2, -0.15) is 0 Å². The van der Waals surface area contributed by atoms with Gasteiger partial charge in [0.1, 0.15) is 6.04 Å². The Kier molecular flexibility index (Phi) is 5.11. The van der Waals surface area contributed by atoms with E-state index in [-0.39, 0.29) is 18.0 Å². The predicted octanol–water partition coefficient (Wildman–Crippen LogP) is 4.01. The maximum absolute atomic E-state index is 13.9. The number of carbonyl (C=O) groups is 3. The number of ether oxygens (including phenoxy) is 1. The van der Waals surface area contributed by atoms with Crippen molar-refractivity contribution in [1.82, 2.24) is 0 Å². The number of hydrogen-bond acceptors (Lipinski definition) is 7. The van der Waals surface area contributed by atoms with E-state index in [4.69, 9.17) is 4.74 Å². The van der Waals surface area contributed by atoms with Crippen LogP contribution >= 0.6 is 0 Å². The van der Waals surface area contributed by atoms with Crippen LogP contribution in [0.15, 0.2) is 60.7 Å². The average Bonchev–Trinajstić information content (AvgIpc) is 3.37. The van der Waals surface area contributed by atoms with Gasteiger partial charge >= 0.3 is 5.97 Å². The van der Waals surface area contributed by atoms with Gasteiger partial charge in [-0.15, -0.1) is 0 Å². The second-order valence-electron chi connectivity index (χ2n) is 9.46. The molecule has 2 saturated heterocycles. The second-order valence-corrected chi connectivity index (χ2v) is 9.46. The summed E-state index contributed by atoms with van der Waals surface area (Å²) in [5.41, 5.74) is 2.17. The molecule has 3 aliphatic rings. The molecule has 2 amide bonds. The molecule has 4 atom stereocenters. The van der Waals surface area contributed by atoms with Gasteiger partial charge in [-0.3, -0.25) is 19.7 Å². The highest BCUT2D eigenvalue weighted by Gasteiger charge is 2.65. The van der Waals surface area contributed by atoms with E-state index in [2.05, 4.69) is 0 Å². The van der Waals surface area contributed by atoms with Crippen LogP contribution in [0.25, 0.3) is 16.8 Å². The maximum atomic E-state index is 13.9. The summed E-state index contributed by atoms with van der Waals surface area (Å²) >= 11 is 0. The number of esters is 1. The Labute approximate surface area is 212 Å². The van der Waals surface area contributed by atoms with E-state index in [1.54, 1.807) is 13.8 Å². The molecule has 6 rings (SSSR count). The number of amides is 2. The molecule has 3 aromatic rings. The van der Waals surface area contributed by atoms with Crippen LogP contribution in [0.2, 0.25) is 0 Å². The molecule has 0 radical (unpaired) electrons. The highest BCUT2D eigenvalue weighted by molar-refractivity contribution is 6.25. The van der Waals surface area contributed by atoms with Crippen LogP contribution in [0.1, 0.15) is 18.1 Å². The number of hydrogen-bond donors (Lipinski definition) is 0. The number of nitro benzene ring substituents is 1. The van der Waals surface area contributed by atoms with Gasteiger partial charge in [0, 0.05) is 23.4 Å². The van der Waals surface area contributed by atoms with Crippen molar-refractivity contribution in [3.8, 4) is 0 Å². The van der Waals surface area contributed by atoms with Crippen LogP contribution in [0.5, 0.6) is 0 Å². The standard InChI is InChI=1S/C28H23N3O6/c1-3-37-28(34)25-24-23(26(32)30(27(24)33)22-14-17(31(35)36)10-8-15(22)2)21-13-11-19-18-7-5-4-6-16(18)9-12-20(19)29(21)25/h4-14,21,23-25H,3H2,1-2H3/t21-,23-,24-,25-/m1/s1. The van der Waals surface area contributed by atoms with Gasteiger partial charge in [0.25, 0.3) is 5.69 Å². The largest absolute Gasteiger partial charge is 0.464 e. The number of fused-ring (bicyclic) bond motifs is 7. The number of aryl methyl sites for hydroxylation is 1. The number of nitrogens with zero attached hydrogens (tertiary/aromatic N) is 3. The predicted molar refractivity (Wildman–Crippen MR) is 137 cm³/mol. The van der Waals surface area contributed by atoms with Crippen molar-refractivity contribution in [2.24, 2.45) is 11.8 Å². The molecular formula is C28H23N3O6. The van der Waals surface area contributed by atoms with Crippen molar-refractivity contribution in [1.29, 1.82) is 0 Å². The summed E-state index contributed by atoms with van der Waals surface area (Å²) in [5.74, 6) is -3.43. The molecule has 9 nitrogen and oxygen atoms in total. The number of nitro groups is 1. The summed E-state index contributed by atoms with van der Waals surface area (Å²) in [6, 6.07) is 14.3. The molecule has 9 heteroatoms. The smallest absolute Gasteiger partial charge is 0.329 e. The summed E-state index contributed by atoms with van der Waals surface area (Å²) in [5, 5.41) is 13.4. The third-order valence-corrected chi connectivity index (χ3v) is 7.59. The van der Waals surface area contributed by atoms with Crippen LogP contribution in [0, 0.1) is 28.9 Å². The number of anilines is 2. The molecule has 0 saturated carbocycles. The zero-order chi connectivity index (χ0) is 26.0. The zero-order valence-corrected chi connectivity index (χ0v) is 20.2. The summed E-state index contributed by atoms with van der Waals surface area (Å²) in [6.07, 6.45) is 3.82.